The van der Waals surface area contributed by atoms with Crippen LogP contribution in [0.3, 0.4) is 0 Å². The van der Waals surface area contributed by atoms with Gasteiger partial charge in [0, 0.05) is 17.8 Å². The summed E-state index contributed by atoms with van der Waals surface area (Å²) < 4.78 is 53.5. The van der Waals surface area contributed by atoms with Gasteiger partial charge in [0.05, 0.1) is 11.5 Å². The molecule has 0 fully saturated rings. The fraction of sp³-hybridized carbons (Fsp3) is 0.316. The highest BCUT2D eigenvalue weighted by Gasteiger charge is 2.26. The van der Waals surface area contributed by atoms with Gasteiger partial charge in [0.2, 0.25) is 9.84 Å². The SMILES string of the molecule is CN(C)CCCOc1ccc(NC(=O)c2ccc(S(=O)(=O)C(F)F)cc2)cc1. The van der Waals surface area contributed by atoms with E-state index in [0.29, 0.717) is 18.0 Å². The third-order valence-electron chi connectivity index (χ3n) is 3.81. The topological polar surface area (TPSA) is 75.7 Å². The van der Waals surface area contributed by atoms with E-state index >= 15 is 0 Å². The molecule has 0 aromatic heterocycles. The summed E-state index contributed by atoms with van der Waals surface area (Å²) in [6.45, 7) is 1.50. The van der Waals surface area contributed by atoms with Crippen LogP contribution in [0.2, 0.25) is 0 Å². The number of amides is 1. The second-order valence-electron chi connectivity index (χ2n) is 6.31. The van der Waals surface area contributed by atoms with E-state index in [2.05, 4.69) is 10.2 Å². The number of nitrogens with one attached hydrogen (secondary N) is 1. The standard InChI is InChI=1S/C19H22F2N2O4S/c1-23(2)12-3-13-27-16-8-6-15(7-9-16)22-18(24)14-4-10-17(11-5-14)28(25,26)19(20)21/h4-11,19H,3,12-13H2,1-2H3,(H,22,24). The van der Waals surface area contributed by atoms with E-state index in [0.717, 1.165) is 25.1 Å². The molecular weight excluding hydrogens is 390 g/mol. The number of carbonyl (C=O) groups is 1. The van der Waals surface area contributed by atoms with Crippen LogP contribution in [0.25, 0.3) is 0 Å². The number of ether oxygens (including phenoxy) is 1. The molecule has 2 aromatic rings. The number of anilines is 1. The molecule has 1 amide bonds. The van der Waals surface area contributed by atoms with Crippen LogP contribution < -0.4 is 10.1 Å². The zero-order valence-electron chi connectivity index (χ0n) is 15.6. The summed E-state index contributed by atoms with van der Waals surface area (Å²) in [5.41, 5.74) is 0.673. The Hall–Kier alpha value is -2.52. The van der Waals surface area contributed by atoms with Crippen LogP contribution in [0, 0.1) is 0 Å². The Morgan fingerprint density at radius 3 is 2.21 bits per heavy atom. The van der Waals surface area contributed by atoms with E-state index < -0.39 is 26.4 Å². The van der Waals surface area contributed by atoms with Gasteiger partial charge in [-0.05, 0) is 69.0 Å². The molecular formula is C19H22F2N2O4S. The third kappa shape index (κ3) is 6.00. The molecule has 2 aromatic carbocycles. The molecule has 9 heteroatoms. The monoisotopic (exact) mass is 412 g/mol. The first-order chi connectivity index (χ1) is 13.2. The minimum atomic E-state index is -4.68. The highest BCUT2D eigenvalue weighted by atomic mass is 32.2. The Morgan fingerprint density at radius 2 is 1.68 bits per heavy atom. The average Bonchev–Trinajstić information content (AvgIpc) is 2.66. The maximum atomic E-state index is 12.5. The predicted octanol–water partition coefficient (Wildman–Crippen LogP) is 3.27. The summed E-state index contributed by atoms with van der Waals surface area (Å²) in [7, 11) is -0.702. The minimum Gasteiger partial charge on any atom is -0.494 e. The number of sulfone groups is 1. The maximum absolute atomic E-state index is 12.5. The molecule has 0 bridgehead atoms. The van der Waals surface area contributed by atoms with Gasteiger partial charge in [0.15, 0.2) is 0 Å². The zero-order chi connectivity index (χ0) is 20.7. The molecule has 0 spiro atoms. The average molecular weight is 412 g/mol. The van der Waals surface area contributed by atoms with Gasteiger partial charge < -0.3 is 15.0 Å². The van der Waals surface area contributed by atoms with Crippen LogP contribution in [0.15, 0.2) is 53.4 Å². The van der Waals surface area contributed by atoms with Crippen molar-refractivity contribution < 1.29 is 26.7 Å². The molecule has 0 aliphatic heterocycles. The Morgan fingerprint density at radius 1 is 1.07 bits per heavy atom. The minimum absolute atomic E-state index is 0.150. The maximum Gasteiger partial charge on any atom is 0.341 e. The second-order valence-corrected chi connectivity index (χ2v) is 8.23. The summed E-state index contributed by atoms with van der Waals surface area (Å²) in [6, 6.07) is 11.2. The van der Waals surface area contributed by atoms with Gasteiger partial charge in [0.25, 0.3) is 5.91 Å². The van der Waals surface area contributed by atoms with Crippen LogP contribution in [0.1, 0.15) is 16.8 Å². The summed E-state index contributed by atoms with van der Waals surface area (Å²) >= 11 is 0. The quantitative estimate of drug-likeness (QED) is 0.640. The Balaban J connectivity index is 1.94. The number of rotatable bonds is 9. The highest BCUT2D eigenvalue weighted by molar-refractivity contribution is 7.91. The smallest absolute Gasteiger partial charge is 0.341 e. The fourth-order valence-corrected chi connectivity index (χ4v) is 3.03. The molecule has 0 saturated carbocycles. The van der Waals surface area contributed by atoms with E-state index in [1.165, 1.54) is 12.1 Å². The molecule has 28 heavy (non-hydrogen) atoms. The number of nitrogens with zero attached hydrogens (tertiary/aromatic N) is 1. The molecule has 1 N–H and O–H groups in total. The van der Waals surface area contributed by atoms with Crippen molar-refractivity contribution in [1.29, 1.82) is 0 Å². The lowest BCUT2D eigenvalue weighted by Gasteiger charge is -2.11. The number of hydrogen-bond acceptors (Lipinski definition) is 5. The van der Waals surface area contributed by atoms with Gasteiger partial charge >= 0.3 is 5.76 Å². The van der Waals surface area contributed by atoms with Crippen LogP contribution in [-0.4, -0.2) is 52.2 Å². The number of hydrogen-bond donors (Lipinski definition) is 1. The lowest BCUT2D eigenvalue weighted by Crippen LogP contribution is -2.15. The first kappa shape index (κ1) is 21.8. The molecule has 6 nitrogen and oxygen atoms in total. The van der Waals surface area contributed by atoms with Crippen LogP contribution in [-0.2, 0) is 9.84 Å². The first-order valence-electron chi connectivity index (χ1n) is 8.51. The lowest BCUT2D eigenvalue weighted by atomic mass is 10.2. The molecule has 0 heterocycles. The van der Waals surface area contributed by atoms with E-state index in [9.17, 15) is 22.0 Å². The Labute approximate surface area is 163 Å². The van der Waals surface area contributed by atoms with E-state index in [1.807, 2.05) is 14.1 Å². The van der Waals surface area contributed by atoms with Crippen molar-refractivity contribution in [3.05, 3.63) is 54.1 Å². The van der Waals surface area contributed by atoms with Crippen molar-refractivity contribution in [3.63, 3.8) is 0 Å². The van der Waals surface area contributed by atoms with Crippen molar-refractivity contribution in [1.82, 2.24) is 4.90 Å². The van der Waals surface area contributed by atoms with E-state index in [1.54, 1.807) is 24.3 Å². The normalized spacial score (nSPS) is 11.6. The van der Waals surface area contributed by atoms with Gasteiger partial charge in [-0.3, -0.25) is 4.79 Å². The molecule has 0 unspecified atom stereocenters. The number of benzene rings is 2. The Kier molecular flexibility index (Phi) is 7.47. The molecule has 0 aliphatic rings. The van der Waals surface area contributed by atoms with Crippen molar-refractivity contribution in [2.45, 2.75) is 17.1 Å². The highest BCUT2D eigenvalue weighted by Crippen LogP contribution is 2.20. The third-order valence-corrected chi connectivity index (χ3v) is 5.21. The van der Waals surface area contributed by atoms with Crippen molar-refractivity contribution in [2.75, 3.05) is 32.6 Å². The Bertz CT molecular complexity index is 883. The fourth-order valence-electron chi connectivity index (χ4n) is 2.31. The van der Waals surface area contributed by atoms with Gasteiger partial charge in [0.1, 0.15) is 5.75 Å². The molecule has 152 valence electrons. The van der Waals surface area contributed by atoms with Gasteiger partial charge in [-0.2, -0.15) is 8.78 Å². The summed E-state index contributed by atoms with van der Waals surface area (Å²) in [5.74, 6) is -3.31. The predicted molar refractivity (Wildman–Crippen MR) is 103 cm³/mol. The zero-order valence-corrected chi connectivity index (χ0v) is 16.4. The van der Waals surface area contributed by atoms with Gasteiger partial charge in [-0.15, -0.1) is 0 Å². The van der Waals surface area contributed by atoms with Crippen molar-refractivity contribution in [2.24, 2.45) is 0 Å². The van der Waals surface area contributed by atoms with E-state index in [-0.39, 0.29) is 5.56 Å². The molecule has 0 atom stereocenters. The van der Waals surface area contributed by atoms with Crippen molar-refractivity contribution >= 4 is 21.4 Å². The van der Waals surface area contributed by atoms with Crippen LogP contribution in [0.5, 0.6) is 5.75 Å². The summed E-state index contributed by atoms with van der Waals surface area (Å²) in [5, 5.41) is 2.65. The number of carbonyl (C=O) groups excluding carboxylic acids is 1. The van der Waals surface area contributed by atoms with E-state index in [4.69, 9.17) is 4.74 Å². The van der Waals surface area contributed by atoms with Gasteiger partial charge in [-0.25, -0.2) is 8.42 Å². The number of alkyl halides is 2. The summed E-state index contributed by atoms with van der Waals surface area (Å²) in [4.78, 5) is 13.8. The van der Waals surface area contributed by atoms with Crippen LogP contribution in [0.4, 0.5) is 14.5 Å². The lowest BCUT2D eigenvalue weighted by molar-refractivity contribution is 0.102. The summed E-state index contributed by atoms with van der Waals surface area (Å²) in [6.07, 6.45) is 0.892. The number of halogens is 2. The van der Waals surface area contributed by atoms with Crippen molar-refractivity contribution in [3.8, 4) is 5.75 Å². The molecule has 0 aliphatic carbocycles. The largest absolute Gasteiger partial charge is 0.494 e. The second kappa shape index (κ2) is 9.61. The molecule has 0 saturated heterocycles. The molecule has 0 radical (unpaired) electrons. The first-order valence-corrected chi connectivity index (χ1v) is 10.1. The van der Waals surface area contributed by atoms with Gasteiger partial charge in [-0.1, -0.05) is 0 Å². The van der Waals surface area contributed by atoms with Crippen LogP contribution >= 0.6 is 0 Å². The molecule has 2 rings (SSSR count).